The molecule has 0 aromatic heterocycles. The molecule has 0 saturated carbocycles. The van der Waals surface area contributed by atoms with Crippen LogP contribution in [0.1, 0.15) is 27.7 Å². The molecule has 1 aromatic carbocycles. The van der Waals surface area contributed by atoms with Crippen molar-refractivity contribution in [1.29, 1.82) is 0 Å². The number of ether oxygens (including phenoxy) is 1. The number of aliphatic carboxylic acids is 1. The molecule has 0 fully saturated rings. The molecular formula is C14H18INO4. The van der Waals surface area contributed by atoms with Gasteiger partial charge in [0, 0.05) is 11.4 Å². The van der Waals surface area contributed by atoms with E-state index in [1.165, 1.54) is 0 Å². The Bertz CT molecular complexity index is 521. The minimum atomic E-state index is -1.13. The number of halogens is 1. The zero-order chi connectivity index (χ0) is 16.0. The van der Waals surface area contributed by atoms with Crippen LogP contribution in [0.3, 0.4) is 0 Å². The highest BCUT2D eigenvalue weighted by molar-refractivity contribution is 14.1. The molecule has 1 atom stereocenters. The third-order valence-electron chi connectivity index (χ3n) is 2.29. The van der Waals surface area contributed by atoms with Crippen LogP contribution in [0, 0.1) is 3.57 Å². The Morgan fingerprint density at radius 1 is 1.55 bits per heavy atom. The zero-order valence-corrected chi connectivity index (χ0v) is 13.5. The van der Waals surface area contributed by atoms with Crippen molar-refractivity contribution >= 4 is 34.7 Å². The second-order valence-electron chi connectivity index (χ2n) is 5.02. The quantitative estimate of drug-likeness (QED) is 0.773. The SMILES string of the molecule is [2H]CC(C)(C)OC(=O)N[C@@H](Cc1cccc(I)c1)C(=O)O. The molecule has 0 heterocycles. The van der Waals surface area contributed by atoms with Gasteiger partial charge in [0.05, 0.1) is 0 Å². The smallest absolute Gasteiger partial charge is 0.408 e. The van der Waals surface area contributed by atoms with E-state index in [-0.39, 0.29) is 13.3 Å². The lowest BCUT2D eigenvalue weighted by molar-refractivity contribution is -0.139. The van der Waals surface area contributed by atoms with Gasteiger partial charge in [-0.2, -0.15) is 0 Å². The summed E-state index contributed by atoms with van der Waals surface area (Å²) in [5.74, 6) is -1.13. The number of amides is 1. The van der Waals surface area contributed by atoms with Gasteiger partial charge in [0.2, 0.25) is 0 Å². The van der Waals surface area contributed by atoms with Crippen molar-refractivity contribution in [2.45, 2.75) is 38.8 Å². The summed E-state index contributed by atoms with van der Waals surface area (Å²) in [5.41, 5.74) is -0.135. The summed E-state index contributed by atoms with van der Waals surface area (Å²) in [7, 11) is 0. The second kappa shape index (κ2) is 6.92. The van der Waals surface area contributed by atoms with Crippen molar-refractivity contribution < 1.29 is 20.8 Å². The Labute approximate surface area is 133 Å². The van der Waals surface area contributed by atoms with Gasteiger partial charge < -0.3 is 15.2 Å². The van der Waals surface area contributed by atoms with Gasteiger partial charge in [-0.25, -0.2) is 9.59 Å². The lowest BCUT2D eigenvalue weighted by atomic mass is 10.1. The summed E-state index contributed by atoms with van der Waals surface area (Å²) >= 11 is 2.14. The Hall–Kier alpha value is -1.31. The molecule has 0 aliphatic heterocycles. The Balaban J connectivity index is 2.70. The topological polar surface area (TPSA) is 75.6 Å². The summed E-state index contributed by atoms with van der Waals surface area (Å²) in [6, 6.07) is 6.32. The van der Waals surface area contributed by atoms with E-state index < -0.39 is 23.7 Å². The largest absolute Gasteiger partial charge is 0.480 e. The highest BCUT2D eigenvalue weighted by Crippen LogP contribution is 2.11. The van der Waals surface area contributed by atoms with Crippen molar-refractivity contribution in [1.82, 2.24) is 5.32 Å². The van der Waals surface area contributed by atoms with Gasteiger partial charge in [0.25, 0.3) is 0 Å². The lowest BCUT2D eigenvalue weighted by Crippen LogP contribution is -2.44. The molecule has 2 N–H and O–H groups in total. The molecule has 0 aliphatic rings. The standard InChI is InChI=1S/C14H18INO4/c1-14(2,3)20-13(19)16-11(12(17)18)8-9-5-4-6-10(15)7-9/h4-7,11H,8H2,1-3H3,(H,16,19)(H,17,18)/t11-/m0/s1/i1D. The Morgan fingerprint density at radius 3 is 2.80 bits per heavy atom. The van der Waals surface area contributed by atoms with Crippen LogP contribution >= 0.6 is 22.6 Å². The van der Waals surface area contributed by atoms with Crippen LogP contribution < -0.4 is 5.32 Å². The van der Waals surface area contributed by atoms with Crippen molar-refractivity contribution in [2.75, 3.05) is 0 Å². The first-order valence-corrected chi connectivity index (χ1v) is 7.07. The second-order valence-corrected chi connectivity index (χ2v) is 6.26. The number of carboxylic acids is 1. The maximum absolute atomic E-state index is 11.7. The molecule has 1 aromatic rings. The van der Waals surface area contributed by atoms with Gasteiger partial charge in [-0.05, 0) is 61.0 Å². The molecule has 0 spiro atoms. The van der Waals surface area contributed by atoms with Gasteiger partial charge >= 0.3 is 12.1 Å². The van der Waals surface area contributed by atoms with Crippen molar-refractivity contribution in [3.05, 3.63) is 33.4 Å². The fourth-order valence-electron chi connectivity index (χ4n) is 1.52. The highest BCUT2D eigenvalue weighted by Gasteiger charge is 2.24. The fraction of sp³-hybridized carbons (Fsp3) is 0.429. The first-order valence-electron chi connectivity index (χ1n) is 6.70. The van der Waals surface area contributed by atoms with Crippen LogP contribution in [0.25, 0.3) is 0 Å². The molecule has 1 amide bonds. The zero-order valence-electron chi connectivity index (χ0n) is 12.4. The summed E-state index contributed by atoms with van der Waals surface area (Å²) in [6.45, 7) is 3.08. The number of carbonyl (C=O) groups is 2. The van der Waals surface area contributed by atoms with Gasteiger partial charge in [0.1, 0.15) is 11.6 Å². The summed E-state index contributed by atoms with van der Waals surface area (Å²) in [5, 5.41) is 11.5. The number of alkyl carbamates (subject to hydrolysis) is 1. The summed E-state index contributed by atoms with van der Waals surface area (Å²) in [4.78, 5) is 23.0. The van der Waals surface area contributed by atoms with Crippen LogP contribution in [-0.2, 0) is 16.0 Å². The molecule has 20 heavy (non-hydrogen) atoms. The van der Waals surface area contributed by atoms with Gasteiger partial charge in [0.15, 0.2) is 0 Å². The number of rotatable bonds is 4. The third-order valence-corrected chi connectivity index (χ3v) is 2.96. The minimum absolute atomic E-state index is 0.102. The highest BCUT2D eigenvalue weighted by atomic mass is 127. The molecule has 6 heteroatoms. The van der Waals surface area contributed by atoms with E-state index in [9.17, 15) is 14.7 Å². The average molecular weight is 392 g/mol. The number of hydrogen-bond acceptors (Lipinski definition) is 3. The Morgan fingerprint density at radius 2 is 2.25 bits per heavy atom. The maximum Gasteiger partial charge on any atom is 0.408 e. The molecule has 0 saturated heterocycles. The molecule has 0 aliphatic carbocycles. The number of benzene rings is 1. The van der Waals surface area contributed by atoms with Crippen molar-refractivity contribution in [2.24, 2.45) is 0 Å². The van der Waals surface area contributed by atoms with Crippen LogP contribution in [0.2, 0.25) is 0 Å². The number of nitrogens with one attached hydrogen (secondary N) is 1. The van der Waals surface area contributed by atoms with Gasteiger partial charge in [-0.1, -0.05) is 12.1 Å². The van der Waals surface area contributed by atoms with E-state index in [0.717, 1.165) is 9.13 Å². The van der Waals surface area contributed by atoms with E-state index in [2.05, 4.69) is 27.9 Å². The summed E-state index contributed by atoms with van der Waals surface area (Å²) in [6.07, 6.45) is -0.659. The molecule has 5 nitrogen and oxygen atoms in total. The third kappa shape index (κ3) is 6.23. The Kier molecular flexibility index (Phi) is 5.22. The van der Waals surface area contributed by atoms with E-state index in [4.69, 9.17) is 6.11 Å². The van der Waals surface area contributed by atoms with Gasteiger partial charge in [-0.3, -0.25) is 0 Å². The van der Waals surface area contributed by atoms with E-state index >= 15 is 0 Å². The predicted molar refractivity (Wildman–Crippen MR) is 83.7 cm³/mol. The number of carboxylic acid groups (broad SMARTS) is 1. The van der Waals surface area contributed by atoms with E-state index in [1.807, 2.05) is 18.2 Å². The van der Waals surface area contributed by atoms with Crippen molar-refractivity contribution in [3.8, 4) is 0 Å². The average Bonchev–Trinajstić information content (AvgIpc) is 2.37. The fourth-order valence-corrected chi connectivity index (χ4v) is 2.13. The van der Waals surface area contributed by atoms with Crippen LogP contribution in [0.4, 0.5) is 4.79 Å². The normalized spacial score (nSPS) is 13.2. The molecule has 1 rings (SSSR count). The van der Waals surface area contributed by atoms with Crippen molar-refractivity contribution in [3.63, 3.8) is 0 Å². The maximum atomic E-state index is 11.7. The predicted octanol–water partition coefficient (Wildman–Crippen LogP) is 2.81. The van der Waals surface area contributed by atoms with Crippen LogP contribution in [0.15, 0.2) is 24.3 Å². The first-order chi connectivity index (χ1) is 9.73. The van der Waals surface area contributed by atoms with Crippen LogP contribution in [0.5, 0.6) is 0 Å². The molecule has 110 valence electrons. The molecule has 0 bridgehead atoms. The molecular weight excluding hydrogens is 373 g/mol. The van der Waals surface area contributed by atoms with Gasteiger partial charge in [-0.15, -0.1) is 0 Å². The van der Waals surface area contributed by atoms with E-state index in [1.54, 1.807) is 19.9 Å². The van der Waals surface area contributed by atoms with E-state index in [0.29, 0.717) is 0 Å². The monoisotopic (exact) mass is 392 g/mol. The first kappa shape index (κ1) is 15.1. The summed E-state index contributed by atoms with van der Waals surface area (Å²) < 4.78 is 13.3. The van der Waals surface area contributed by atoms with Crippen LogP contribution in [-0.4, -0.2) is 28.8 Å². The minimum Gasteiger partial charge on any atom is -0.480 e. The molecule has 0 radical (unpaired) electrons. The number of hydrogen-bond donors (Lipinski definition) is 2. The number of carbonyl (C=O) groups excluding carboxylic acids is 1. The molecule has 0 unspecified atom stereocenters. The lowest BCUT2D eigenvalue weighted by Gasteiger charge is -2.22.